The van der Waals surface area contributed by atoms with Gasteiger partial charge in [0.1, 0.15) is 18.5 Å². The van der Waals surface area contributed by atoms with Crippen molar-refractivity contribution in [3.8, 4) is 5.88 Å². The van der Waals surface area contributed by atoms with E-state index in [1.807, 2.05) is 0 Å². The minimum absolute atomic E-state index is 0.236. The van der Waals surface area contributed by atoms with Gasteiger partial charge in [-0.2, -0.15) is 4.98 Å². The molecule has 2 rings (SSSR count). The Kier molecular flexibility index (Phi) is 4.93. The van der Waals surface area contributed by atoms with Gasteiger partial charge in [-0.05, 0) is 25.2 Å². The van der Waals surface area contributed by atoms with Gasteiger partial charge in [-0.1, -0.05) is 13.3 Å². The van der Waals surface area contributed by atoms with Gasteiger partial charge in [0.15, 0.2) is 5.82 Å². The van der Waals surface area contributed by atoms with Crippen LogP contribution in [0, 0.1) is 5.92 Å². The predicted molar refractivity (Wildman–Crippen MR) is 72.6 cm³/mol. The molecule has 1 fully saturated rings. The number of rotatable bonds is 5. The second kappa shape index (κ2) is 6.68. The summed E-state index contributed by atoms with van der Waals surface area (Å²) in [4.78, 5) is 8.53. The first-order valence-corrected chi connectivity index (χ1v) is 6.71. The lowest BCUT2D eigenvalue weighted by molar-refractivity contribution is 0.121. The molecule has 6 nitrogen and oxygen atoms in total. The van der Waals surface area contributed by atoms with E-state index in [1.165, 1.54) is 12.8 Å². The van der Waals surface area contributed by atoms with Gasteiger partial charge in [0, 0.05) is 13.2 Å². The number of aromatic nitrogens is 2. The van der Waals surface area contributed by atoms with Crippen molar-refractivity contribution in [2.24, 2.45) is 11.8 Å². The monoisotopic (exact) mass is 266 g/mol. The molecule has 19 heavy (non-hydrogen) atoms. The van der Waals surface area contributed by atoms with Crippen molar-refractivity contribution in [2.75, 3.05) is 12.5 Å². The second-order valence-electron chi connectivity index (χ2n) is 5.10. The van der Waals surface area contributed by atoms with E-state index in [1.54, 1.807) is 13.2 Å². The number of anilines is 1. The molecule has 3 N–H and O–H groups in total. The quantitative estimate of drug-likeness (QED) is 0.625. The van der Waals surface area contributed by atoms with Gasteiger partial charge < -0.3 is 14.9 Å². The fourth-order valence-corrected chi connectivity index (χ4v) is 2.46. The van der Waals surface area contributed by atoms with E-state index < -0.39 is 0 Å². The summed E-state index contributed by atoms with van der Waals surface area (Å²) in [6.07, 6.45) is 4.89. The van der Waals surface area contributed by atoms with E-state index in [0.717, 1.165) is 12.8 Å². The molecule has 0 radical (unpaired) electrons. The lowest BCUT2D eigenvalue weighted by atomic mass is 9.89. The van der Waals surface area contributed by atoms with Crippen LogP contribution < -0.4 is 16.0 Å². The maximum atomic E-state index is 5.95. The minimum atomic E-state index is 0.236. The van der Waals surface area contributed by atoms with Crippen LogP contribution in [0.25, 0.3) is 0 Å². The molecular weight excluding hydrogens is 244 g/mol. The first kappa shape index (κ1) is 14.0. The lowest BCUT2D eigenvalue weighted by Gasteiger charge is -2.27. The zero-order chi connectivity index (χ0) is 13.7. The van der Waals surface area contributed by atoms with Crippen molar-refractivity contribution in [2.45, 2.75) is 45.3 Å². The van der Waals surface area contributed by atoms with Crippen LogP contribution in [-0.4, -0.2) is 23.2 Å². The fourth-order valence-electron chi connectivity index (χ4n) is 2.46. The molecule has 1 heterocycles. The molecule has 2 unspecified atom stereocenters. The number of hydrogen-bond donors (Lipinski definition) is 2. The Morgan fingerprint density at radius 1 is 1.42 bits per heavy atom. The molecule has 0 saturated heterocycles. The minimum Gasteiger partial charge on any atom is -0.474 e. The second-order valence-corrected chi connectivity index (χ2v) is 5.10. The molecule has 0 bridgehead atoms. The molecular formula is C13H22N4O2. The van der Waals surface area contributed by atoms with Crippen molar-refractivity contribution in [1.82, 2.24) is 9.97 Å². The number of ether oxygens (including phenoxy) is 2. The highest BCUT2D eigenvalue weighted by Gasteiger charge is 2.21. The van der Waals surface area contributed by atoms with E-state index in [4.69, 9.17) is 15.3 Å². The van der Waals surface area contributed by atoms with E-state index >= 15 is 0 Å². The third kappa shape index (κ3) is 4.04. The maximum absolute atomic E-state index is 5.95. The normalized spacial score (nSPS) is 23.1. The molecule has 106 valence electrons. The smallest absolute Gasteiger partial charge is 0.219 e. The Balaban J connectivity index is 2.07. The SMILES string of the molecule is COCc1nc(NN)cc(OC2CCCC(C)C2)n1. The van der Waals surface area contributed by atoms with Crippen LogP contribution in [0.5, 0.6) is 5.88 Å². The van der Waals surface area contributed by atoms with Crippen LogP contribution in [0.1, 0.15) is 38.4 Å². The first-order valence-electron chi connectivity index (χ1n) is 6.71. The molecule has 0 aliphatic heterocycles. The highest BCUT2D eigenvalue weighted by molar-refractivity contribution is 5.37. The van der Waals surface area contributed by atoms with Gasteiger partial charge in [0.2, 0.25) is 5.88 Å². The van der Waals surface area contributed by atoms with Gasteiger partial charge >= 0.3 is 0 Å². The van der Waals surface area contributed by atoms with E-state index in [2.05, 4.69) is 22.3 Å². The van der Waals surface area contributed by atoms with Gasteiger partial charge in [0.25, 0.3) is 0 Å². The Morgan fingerprint density at radius 2 is 2.26 bits per heavy atom. The van der Waals surface area contributed by atoms with Gasteiger partial charge in [-0.15, -0.1) is 0 Å². The van der Waals surface area contributed by atoms with Gasteiger partial charge in [0.05, 0.1) is 0 Å². The molecule has 0 amide bonds. The number of nitrogens with zero attached hydrogens (tertiary/aromatic N) is 2. The molecule has 1 aromatic rings. The van der Waals surface area contributed by atoms with E-state index in [-0.39, 0.29) is 6.10 Å². The summed E-state index contributed by atoms with van der Waals surface area (Å²) in [5.41, 5.74) is 2.53. The topological polar surface area (TPSA) is 82.3 Å². The molecule has 0 spiro atoms. The number of nitrogens with one attached hydrogen (secondary N) is 1. The summed E-state index contributed by atoms with van der Waals surface area (Å²) in [5, 5.41) is 0. The van der Waals surface area contributed by atoms with Crippen molar-refractivity contribution in [3.63, 3.8) is 0 Å². The molecule has 1 aliphatic carbocycles. The average Bonchev–Trinajstić information content (AvgIpc) is 2.39. The van der Waals surface area contributed by atoms with Crippen LogP contribution in [-0.2, 0) is 11.3 Å². The summed E-state index contributed by atoms with van der Waals surface area (Å²) in [6.45, 7) is 2.60. The van der Waals surface area contributed by atoms with Gasteiger partial charge in [-0.3, -0.25) is 0 Å². The molecule has 1 aromatic heterocycles. The molecule has 1 saturated carbocycles. The van der Waals surface area contributed by atoms with Crippen LogP contribution in [0.4, 0.5) is 5.82 Å². The highest BCUT2D eigenvalue weighted by Crippen LogP contribution is 2.27. The third-order valence-electron chi connectivity index (χ3n) is 3.35. The number of nitrogens with two attached hydrogens (primary N) is 1. The molecule has 0 aromatic carbocycles. The lowest BCUT2D eigenvalue weighted by Crippen LogP contribution is -2.25. The van der Waals surface area contributed by atoms with Crippen molar-refractivity contribution < 1.29 is 9.47 Å². The zero-order valence-corrected chi connectivity index (χ0v) is 11.6. The van der Waals surface area contributed by atoms with E-state index in [9.17, 15) is 0 Å². The number of hydrogen-bond acceptors (Lipinski definition) is 6. The molecule has 6 heteroatoms. The summed E-state index contributed by atoms with van der Waals surface area (Å²) >= 11 is 0. The Bertz CT molecular complexity index is 414. The van der Waals surface area contributed by atoms with Crippen molar-refractivity contribution in [1.29, 1.82) is 0 Å². The summed E-state index contributed by atoms with van der Waals surface area (Å²) in [5.74, 6) is 7.79. The largest absolute Gasteiger partial charge is 0.474 e. The van der Waals surface area contributed by atoms with Crippen LogP contribution in [0.2, 0.25) is 0 Å². The molecule has 2 atom stereocenters. The third-order valence-corrected chi connectivity index (χ3v) is 3.35. The summed E-state index contributed by atoms with van der Waals surface area (Å²) in [7, 11) is 1.61. The number of nitrogen functional groups attached to an aromatic ring is 1. The molecule has 1 aliphatic rings. The zero-order valence-electron chi connectivity index (χ0n) is 11.6. The highest BCUT2D eigenvalue weighted by atomic mass is 16.5. The van der Waals surface area contributed by atoms with E-state index in [0.29, 0.717) is 30.0 Å². The van der Waals surface area contributed by atoms with Crippen LogP contribution >= 0.6 is 0 Å². The predicted octanol–water partition coefficient (Wildman–Crippen LogP) is 1.87. The number of methoxy groups -OCH3 is 1. The Hall–Kier alpha value is -1.40. The van der Waals surface area contributed by atoms with Gasteiger partial charge in [-0.25, -0.2) is 10.8 Å². The maximum Gasteiger partial charge on any atom is 0.219 e. The first-order chi connectivity index (χ1) is 9.21. The fraction of sp³-hybridized carbons (Fsp3) is 0.692. The number of hydrazine groups is 1. The standard InChI is InChI=1S/C13H22N4O2/c1-9-4-3-5-10(6-9)19-13-7-11(17-14)15-12(16-13)8-18-2/h7,9-10H,3-6,8,14H2,1-2H3,(H,15,16,17). The van der Waals surface area contributed by atoms with Crippen molar-refractivity contribution >= 4 is 5.82 Å². The summed E-state index contributed by atoms with van der Waals surface area (Å²) < 4.78 is 11.0. The Labute approximate surface area is 113 Å². The Morgan fingerprint density at radius 3 is 2.95 bits per heavy atom. The van der Waals surface area contributed by atoms with Crippen molar-refractivity contribution in [3.05, 3.63) is 11.9 Å². The summed E-state index contributed by atoms with van der Waals surface area (Å²) in [6, 6.07) is 1.72. The van der Waals surface area contributed by atoms with Crippen LogP contribution in [0.15, 0.2) is 6.07 Å². The average molecular weight is 266 g/mol. The van der Waals surface area contributed by atoms with Crippen LogP contribution in [0.3, 0.4) is 0 Å².